The van der Waals surface area contributed by atoms with Crippen molar-refractivity contribution in [1.29, 1.82) is 10.5 Å². The Labute approximate surface area is 537 Å². The summed E-state index contributed by atoms with van der Waals surface area (Å²) in [5, 5.41) is 42.3. The highest BCUT2D eigenvalue weighted by Gasteiger charge is 2.30. The van der Waals surface area contributed by atoms with Gasteiger partial charge in [-0.15, -0.1) is 0 Å². The molecule has 1 aliphatic carbocycles. The molecule has 3 amide bonds. The Morgan fingerprint density at radius 2 is 0.968 bits per heavy atom. The molecule has 23 nitrogen and oxygen atoms in total. The first-order valence-corrected chi connectivity index (χ1v) is 30.6. The van der Waals surface area contributed by atoms with Crippen LogP contribution < -0.4 is 40.2 Å². The molecule has 1 aliphatic heterocycles. The van der Waals surface area contributed by atoms with Gasteiger partial charge in [0.25, 0.3) is 11.8 Å². The molecule has 10 aromatic rings. The van der Waals surface area contributed by atoms with Crippen molar-refractivity contribution in [3.63, 3.8) is 0 Å². The lowest BCUT2D eigenvalue weighted by Gasteiger charge is -2.34. The fraction of sp³-hybridized carbons (Fsp3) is 0.271. The summed E-state index contributed by atoms with van der Waals surface area (Å²) in [7, 11) is 3.28. The van der Waals surface area contributed by atoms with E-state index in [1.54, 1.807) is 98.2 Å². The average Bonchev–Trinajstić information content (AvgIpc) is 1.66. The van der Waals surface area contributed by atoms with E-state index < -0.39 is 5.60 Å². The van der Waals surface area contributed by atoms with Crippen LogP contribution in [0, 0.1) is 22.7 Å². The number of anilines is 4. The highest BCUT2D eigenvalue weighted by Crippen LogP contribution is 2.38. The summed E-state index contributed by atoms with van der Waals surface area (Å²) >= 11 is 0. The number of methoxy groups -OCH3 is 2. The molecule has 4 aromatic carbocycles. The second-order valence-corrected chi connectivity index (χ2v) is 23.4. The number of likely N-dealkylation sites (tertiary alicyclic amines) is 1. The van der Waals surface area contributed by atoms with Crippen LogP contribution >= 0.6 is 0 Å². The minimum Gasteiger partial charge on any atom is -0.497 e. The normalized spacial score (nSPS) is 13.9. The molecule has 4 N–H and O–H groups in total. The maximum atomic E-state index is 12.9. The van der Waals surface area contributed by atoms with Gasteiger partial charge in [-0.3, -0.25) is 9.59 Å². The number of pyridine rings is 4. The van der Waals surface area contributed by atoms with Crippen LogP contribution in [0.25, 0.3) is 22.1 Å². The van der Waals surface area contributed by atoms with E-state index >= 15 is 0 Å². The van der Waals surface area contributed by atoms with E-state index in [1.807, 2.05) is 96.9 Å². The van der Waals surface area contributed by atoms with Crippen molar-refractivity contribution in [3.05, 3.63) is 192 Å². The van der Waals surface area contributed by atoms with E-state index in [4.69, 9.17) is 54.4 Å². The first-order chi connectivity index (χ1) is 45.2. The Morgan fingerprint density at radius 1 is 0.538 bits per heavy atom. The van der Waals surface area contributed by atoms with Gasteiger partial charge in [-0.25, -0.2) is 34.1 Å². The minimum absolute atomic E-state index is 0.0852. The number of nitrogens with zero attached hydrogens (tertiary/aromatic N) is 11. The van der Waals surface area contributed by atoms with Gasteiger partial charge in [0.2, 0.25) is 0 Å². The maximum absolute atomic E-state index is 12.9. The lowest BCUT2D eigenvalue weighted by Crippen LogP contribution is -2.47. The Kier molecular flexibility index (Phi) is 19.6. The Balaban J connectivity index is 0.000000192. The number of benzene rings is 4. The van der Waals surface area contributed by atoms with Crippen LogP contribution in [0.2, 0.25) is 0 Å². The van der Waals surface area contributed by atoms with Gasteiger partial charge in [0.05, 0.1) is 50.6 Å². The van der Waals surface area contributed by atoms with Gasteiger partial charge in [0.1, 0.15) is 62.5 Å². The summed E-state index contributed by atoms with van der Waals surface area (Å²) in [6.45, 7) is 7.64. The zero-order chi connectivity index (χ0) is 64.8. The summed E-state index contributed by atoms with van der Waals surface area (Å²) < 4.78 is 32.8. The first kappa shape index (κ1) is 63.0. The number of nitrogens with one attached hydrogen (secondary N) is 4. The van der Waals surface area contributed by atoms with E-state index in [1.165, 1.54) is 43.8 Å². The first-order valence-electron chi connectivity index (χ1n) is 30.6. The van der Waals surface area contributed by atoms with Crippen LogP contribution in [0.4, 0.5) is 28.1 Å². The molecular weight excluding hydrogens is 1180 g/mol. The Hall–Kier alpha value is -11.6. The lowest BCUT2D eigenvalue weighted by atomic mass is 9.95. The standard InChI is InChI=1S/C37H38N8O5.C33H31N7O3/c1-37(2,3)50-36(47)44-19-5-6-27(23-44)41-33-32-30(16-18-40-34(32)45(43-33)22-24-7-11-28(48-4)12-8-24)49-29-13-9-26(10-14-29)35(46)42-31-20-25(21-38)15-17-39-31;1-42-26-11-7-22(8-12-26)21-40-32-30(31(39-40)37-25-5-3-2-4-6-25)28(16-18-36-32)43-27-13-9-24(10-14-27)33(41)38-29-19-23(20-34)15-17-35-29/h7-18,20,27H,5-6,19,22-23H2,1-4H3,(H,41,43)(H,39,42,46);7-19,25H,2-6,21H2,1H3,(H,37,39)(H,35,38,41)/t27-;/m1./s1. The molecule has 93 heavy (non-hydrogen) atoms. The number of carbonyl (C=O) groups excluding carboxylic acids is 3. The zero-order valence-corrected chi connectivity index (χ0v) is 52.1. The zero-order valence-electron chi connectivity index (χ0n) is 52.1. The van der Waals surface area contributed by atoms with Crippen molar-refractivity contribution in [2.24, 2.45) is 0 Å². The second-order valence-electron chi connectivity index (χ2n) is 23.4. The van der Waals surface area contributed by atoms with Crippen LogP contribution in [0.1, 0.15) is 109 Å². The summed E-state index contributed by atoms with van der Waals surface area (Å²) in [5.41, 5.74) is 4.47. The van der Waals surface area contributed by atoms with Crippen LogP contribution in [0.15, 0.2) is 158 Å². The van der Waals surface area contributed by atoms with E-state index in [-0.39, 0.29) is 29.8 Å². The SMILES string of the molecule is COc1ccc(Cn2nc(NC3CCCCC3)c3c(Oc4ccc(C(=O)Nc5cc(C#N)ccn5)cc4)ccnc32)cc1.COc1ccc(Cn2nc(N[C@@H]3CCCN(C(=O)OC(C)(C)C)C3)c3c(Oc4ccc(C(=O)Nc5cc(C#N)ccn5)cc4)ccnc32)cc1. The van der Waals surface area contributed by atoms with E-state index in [0.717, 1.165) is 65.2 Å². The number of fused-ring (bicyclic) bond motifs is 2. The van der Waals surface area contributed by atoms with Gasteiger partial charge in [0, 0.05) is 73.2 Å². The summed E-state index contributed by atoms with van der Waals surface area (Å²) in [5.74, 6) is 5.00. The molecular formula is C70H69N15O8. The molecule has 0 bridgehead atoms. The molecule has 1 saturated heterocycles. The molecule has 472 valence electrons. The average molecular weight is 1250 g/mol. The molecule has 0 spiro atoms. The summed E-state index contributed by atoms with van der Waals surface area (Å²) in [6, 6.07) is 43.4. The third kappa shape index (κ3) is 16.1. The van der Waals surface area contributed by atoms with Crippen LogP contribution in [-0.4, -0.2) is 107 Å². The molecule has 6 aromatic heterocycles. The fourth-order valence-electron chi connectivity index (χ4n) is 10.9. The van der Waals surface area contributed by atoms with Crippen LogP contribution in [0.5, 0.6) is 34.5 Å². The number of piperidine rings is 1. The van der Waals surface area contributed by atoms with Crippen molar-refractivity contribution >= 4 is 63.2 Å². The summed E-state index contributed by atoms with van der Waals surface area (Å²) in [4.78, 5) is 57.9. The predicted octanol–water partition coefficient (Wildman–Crippen LogP) is 13.2. The number of rotatable bonds is 18. The number of carbonyl (C=O) groups is 3. The topological polar surface area (TPSA) is 283 Å². The van der Waals surface area contributed by atoms with Crippen molar-refractivity contribution in [1.82, 2.24) is 44.4 Å². The Bertz CT molecular complexity index is 4360. The quantitative estimate of drug-likeness (QED) is 0.0621. The Morgan fingerprint density at radius 3 is 1.41 bits per heavy atom. The van der Waals surface area contributed by atoms with Gasteiger partial charge in [0.15, 0.2) is 22.9 Å². The van der Waals surface area contributed by atoms with Gasteiger partial charge in [-0.2, -0.15) is 20.7 Å². The molecule has 12 rings (SSSR count). The number of ether oxygens (including phenoxy) is 5. The highest BCUT2D eigenvalue weighted by molar-refractivity contribution is 6.04. The molecule has 23 heteroatoms. The van der Waals surface area contributed by atoms with E-state index in [0.29, 0.717) is 100 Å². The molecule has 0 unspecified atom stereocenters. The van der Waals surface area contributed by atoms with Crippen molar-refractivity contribution in [3.8, 4) is 46.6 Å². The number of hydrogen-bond donors (Lipinski definition) is 4. The number of aromatic nitrogens is 8. The highest BCUT2D eigenvalue weighted by atomic mass is 16.6. The molecule has 2 fully saturated rings. The number of nitriles is 2. The van der Waals surface area contributed by atoms with Gasteiger partial charge < -0.3 is 49.9 Å². The predicted molar refractivity (Wildman–Crippen MR) is 351 cm³/mol. The third-order valence-electron chi connectivity index (χ3n) is 15.5. The van der Waals surface area contributed by atoms with Gasteiger partial charge in [-0.05, 0) is 155 Å². The molecule has 1 saturated carbocycles. The molecule has 2 aliphatic rings. The lowest BCUT2D eigenvalue weighted by molar-refractivity contribution is 0.0206. The monoisotopic (exact) mass is 1250 g/mol. The smallest absolute Gasteiger partial charge is 0.410 e. The second kappa shape index (κ2) is 28.9. The van der Waals surface area contributed by atoms with E-state index in [9.17, 15) is 14.4 Å². The molecule has 1 atom stereocenters. The summed E-state index contributed by atoms with van der Waals surface area (Å²) in [6.07, 6.45) is 13.5. The maximum Gasteiger partial charge on any atom is 0.410 e. The van der Waals surface area contributed by atoms with Gasteiger partial charge >= 0.3 is 6.09 Å². The van der Waals surface area contributed by atoms with Gasteiger partial charge in [-0.1, -0.05) is 43.5 Å². The van der Waals surface area contributed by atoms with Crippen LogP contribution in [-0.2, 0) is 17.8 Å². The van der Waals surface area contributed by atoms with E-state index in [2.05, 4.69) is 31.2 Å². The molecule has 0 radical (unpaired) electrons. The number of amides is 3. The fourth-order valence-corrected chi connectivity index (χ4v) is 10.9. The van der Waals surface area contributed by atoms with Crippen molar-refractivity contribution in [2.75, 3.05) is 48.6 Å². The van der Waals surface area contributed by atoms with Crippen LogP contribution in [0.3, 0.4) is 0 Å². The number of hydrogen-bond acceptors (Lipinski definition) is 18. The largest absolute Gasteiger partial charge is 0.497 e. The van der Waals surface area contributed by atoms with Crippen molar-refractivity contribution in [2.45, 2.75) is 96.5 Å². The third-order valence-corrected chi connectivity index (χ3v) is 15.5. The van der Waals surface area contributed by atoms with Crippen molar-refractivity contribution < 1.29 is 38.1 Å². The minimum atomic E-state index is -0.588. The molecule has 7 heterocycles.